The van der Waals surface area contributed by atoms with Gasteiger partial charge in [-0.2, -0.15) is 4.31 Å². The van der Waals surface area contributed by atoms with Gasteiger partial charge in [-0.15, -0.1) is 0 Å². The molecule has 1 amide bonds. The summed E-state index contributed by atoms with van der Waals surface area (Å²) in [6.45, 7) is 2.60. The van der Waals surface area contributed by atoms with E-state index in [4.69, 9.17) is 0 Å². The third-order valence-electron chi connectivity index (χ3n) is 4.56. The van der Waals surface area contributed by atoms with Crippen LogP contribution in [0.15, 0.2) is 53.4 Å². The SMILES string of the molecule is CN1CCN(S(=O)(=O)c2ccc(CNC(=O)c3cccc(F)c3)cc2)CC1. The smallest absolute Gasteiger partial charge is 0.251 e. The van der Waals surface area contributed by atoms with E-state index >= 15 is 0 Å². The molecular formula is C19H22FN3O3S. The minimum absolute atomic E-state index is 0.226. The van der Waals surface area contributed by atoms with Gasteiger partial charge in [0.15, 0.2) is 0 Å². The molecule has 1 N–H and O–H groups in total. The van der Waals surface area contributed by atoms with Crippen LogP contribution < -0.4 is 5.32 Å². The molecule has 0 saturated carbocycles. The molecule has 27 heavy (non-hydrogen) atoms. The number of piperazine rings is 1. The van der Waals surface area contributed by atoms with Crippen molar-refractivity contribution in [3.05, 3.63) is 65.5 Å². The van der Waals surface area contributed by atoms with Crippen molar-refractivity contribution < 1.29 is 17.6 Å². The number of benzene rings is 2. The van der Waals surface area contributed by atoms with Gasteiger partial charge in [-0.05, 0) is 42.9 Å². The molecule has 0 bridgehead atoms. The predicted molar refractivity (Wildman–Crippen MR) is 100 cm³/mol. The third-order valence-corrected chi connectivity index (χ3v) is 6.48. The third kappa shape index (κ3) is 4.71. The standard InChI is InChI=1S/C19H22FN3O3S/c1-22-9-11-23(12-10-22)27(25,26)18-7-5-15(6-8-18)14-21-19(24)16-3-2-4-17(20)13-16/h2-8,13H,9-12,14H2,1H3,(H,21,24). The Balaban J connectivity index is 1.62. The fraction of sp³-hybridized carbons (Fsp3) is 0.316. The van der Waals surface area contributed by atoms with Crippen LogP contribution in [0.25, 0.3) is 0 Å². The lowest BCUT2D eigenvalue weighted by Crippen LogP contribution is -2.47. The van der Waals surface area contributed by atoms with Crippen molar-refractivity contribution in [2.75, 3.05) is 33.2 Å². The molecule has 1 fully saturated rings. The van der Waals surface area contributed by atoms with Gasteiger partial charge in [0, 0.05) is 38.3 Å². The highest BCUT2D eigenvalue weighted by Gasteiger charge is 2.27. The van der Waals surface area contributed by atoms with Gasteiger partial charge >= 0.3 is 0 Å². The molecule has 1 aliphatic heterocycles. The molecule has 0 atom stereocenters. The van der Waals surface area contributed by atoms with E-state index in [2.05, 4.69) is 10.2 Å². The Hall–Kier alpha value is -2.29. The summed E-state index contributed by atoms with van der Waals surface area (Å²) >= 11 is 0. The Kier molecular flexibility index (Phi) is 5.88. The number of rotatable bonds is 5. The first kappa shape index (κ1) is 19.5. The van der Waals surface area contributed by atoms with E-state index < -0.39 is 15.8 Å². The number of halogens is 1. The largest absolute Gasteiger partial charge is 0.348 e. The summed E-state index contributed by atoms with van der Waals surface area (Å²) in [5, 5.41) is 2.70. The molecule has 0 spiro atoms. The van der Waals surface area contributed by atoms with E-state index in [9.17, 15) is 17.6 Å². The van der Waals surface area contributed by atoms with Gasteiger partial charge in [0.2, 0.25) is 10.0 Å². The van der Waals surface area contributed by atoms with Crippen LogP contribution in [0, 0.1) is 5.82 Å². The molecule has 3 rings (SSSR count). The second-order valence-corrected chi connectivity index (χ2v) is 8.48. The minimum atomic E-state index is -3.50. The highest BCUT2D eigenvalue weighted by molar-refractivity contribution is 7.89. The van der Waals surface area contributed by atoms with E-state index in [0.717, 1.165) is 5.56 Å². The van der Waals surface area contributed by atoms with Crippen molar-refractivity contribution in [1.29, 1.82) is 0 Å². The maximum absolute atomic E-state index is 13.2. The zero-order valence-corrected chi connectivity index (χ0v) is 15.9. The minimum Gasteiger partial charge on any atom is -0.348 e. The van der Waals surface area contributed by atoms with Gasteiger partial charge in [0.25, 0.3) is 5.91 Å². The molecule has 1 saturated heterocycles. The summed E-state index contributed by atoms with van der Waals surface area (Å²) in [5.74, 6) is -0.857. The molecule has 1 heterocycles. The van der Waals surface area contributed by atoms with Crippen LogP contribution in [0.4, 0.5) is 4.39 Å². The number of nitrogens with zero attached hydrogens (tertiary/aromatic N) is 2. The van der Waals surface area contributed by atoms with Crippen molar-refractivity contribution in [3.8, 4) is 0 Å². The van der Waals surface area contributed by atoms with Gasteiger partial charge in [-0.3, -0.25) is 4.79 Å². The topological polar surface area (TPSA) is 69.7 Å². The lowest BCUT2D eigenvalue weighted by atomic mass is 10.2. The summed E-state index contributed by atoms with van der Waals surface area (Å²) < 4.78 is 40.1. The number of carbonyl (C=O) groups excluding carboxylic acids is 1. The van der Waals surface area contributed by atoms with Gasteiger partial charge in [-0.25, -0.2) is 12.8 Å². The van der Waals surface area contributed by atoms with E-state index in [1.54, 1.807) is 24.3 Å². The quantitative estimate of drug-likeness (QED) is 0.842. The van der Waals surface area contributed by atoms with Gasteiger partial charge in [0.05, 0.1) is 4.90 Å². The first-order chi connectivity index (χ1) is 12.9. The number of likely N-dealkylation sites (N-methyl/N-ethyl adjacent to an activating group) is 1. The molecule has 2 aromatic carbocycles. The van der Waals surface area contributed by atoms with E-state index in [1.165, 1.54) is 28.6 Å². The predicted octanol–water partition coefficient (Wildman–Crippen LogP) is 1.69. The Labute approximate surface area is 158 Å². The highest BCUT2D eigenvalue weighted by atomic mass is 32.2. The van der Waals surface area contributed by atoms with E-state index in [0.29, 0.717) is 26.2 Å². The summed E-state index contributed by atoms with van der Waals surface area (Å²) in [6, 6.07) is 11.9. The fourth-order valence-electron chi connectivity index (χ4n) is 2.87. The average Bonchev–Trinajstić information content (AvgIpc) is 2.67. The Bertz CT molecular complexity index is 908. The van der Waals surface area contributed by atoms with Crippen molar-refractivity contribution in [3.63, 3.8) is 0 Å². The summed E-state index contributed by atoms with van der Waals surface area (Å²) in [5.41, 5.74) is 1.00. The first-order valence-corrected chi connectivity index (χ1v) is 10.1. The van der Waals surface area contributed by atoms with Crippen LogP contribution in [0.5, 0.6) is 0 Å². The Morgan fingerprint density at radius 3 is 2.37 bits per heavy atom. The lowest BCUT2D eigenvalue weighted by Gasteiger charge is -2.31. The summed E-state index contributed by atoms with van der Waals surface area (Å²) in [6.07, 6.45) is 0. The number of hydrogen-bond donors (Lipinski definition) is 1. The van der Waals surface area contributed by atoms with Gasteiger partial charge < -0.3 is 10.2 Å². The van der Waals surface area contributed by atoms with Crippen molar-refractivity contribution in [2.45, 2.75) is 11.4 Å². The summed E-state index contributed by atoms with van der Waals surface area (Å²) in [7, 11) is -1.53. The van der Waals surface area contributed by atoms with Crippen LogP contribution in [-0.4, -0.2) is 56.8 Å². The average molecular weight is 391 g/mol. The van der Waals surface area contributed by atoms with Gasteiger partial charge in [-0.1, -0.05) is 18.2 Å². The number of sulfonamides is 1. The van der Waals surface area contributed by atoms with E-state index in [1.807, 2.05) is 7.05 Å². The van der Waals surface area contributed by atoms with Crippen LogP contribution in [-0.2, 0) is 16.6 Å². The second-order valence-electron chi connectivity index (χ2n) is 6.54. The molecule has 0 radical (unpaired) electrons. The molecule has 0 aliphatic carbocycles. The van der Waals surface area contributed by atoms with Crippen LogP contribution in [0.1, 0.15) is 15.9 Å². The molecule has 8 heteroatoms. The van der Waals surface area contributed by atoms with Crippen LogP contribution in [0.3, 0.4) is 0 Å². The molecular weight excluding hydrogens is 369 g/mol. The molecule has 0 unspecified atom stereocenters. The first-order valence-electron chi connectivity index (χ1n) is 8.68. The maximum atomic E-state index is 13.2. The number of carbonyl (C=O) groups is 1. The molecule has 1 aliphatic rings. The highest BCUT2D eigenvalue weighted by Crippen LogP contribution is 2.18. The zero-order valence-electron chi connectivity index (χ0n) is 15.1. The van der Waals surface area contributed by atoms with Crippen LogP contribution >= 0.6 is 0 Å². The van der Waals surface area contributed by atoms with Crippen molar-refractivity contribution >= 4 is 15.9 Å². The Morgan fingerprint density at radius 2 is 1.74 bits per heavy atom. The number of nitrogens with one attached hydrogen (secondary N) is 1. The number of amides is 1. The normalized spacial score (nSPS) is 16.2. The summed E-state index contributed by atoms with van der Waals surface area (Å²) in [4.78, 5) is 14.4. The second kappa shape index (κ2) is 8.16. The molecule has 6 nitrogen and oxygen atoms in total. The molecule has 2 aromatic rings. The molecule has 0 aromatic heterocycles. The monoisotopic (exact) mass is 391 g/mol. The lowest BCUT2D eigenvalue weighted by molar-refractivity contribution is 0.0950. The van der Waals surface area contributed by atoms with Crippen molar-refractivity contribution in [2.24, 2.45) is 0 Å². The maximum Gasteiger partial charge on any atom is 0.251 e. The van der Waals surface area contributed by atoms with E-state index in [-0.39, 0.29) is 22.9 Å². The van der Waals surface area contributed by atoms with Crippen LogP contribution in [0.2, 0.25) is 0 Å². The zero-order chi connectivity index (χ0) is 19.4. The van der Waals surface area contributed by atoms with Crippen molar-refractivity contribution in [1.82, 2.24) is 14.5 Å². The fourth-order valence-corrected chi connectivity index (χ4v) is 4.29. The van der Waals surface area contributed by atoms with Gasteiger partial charge in [0.1, 0.15) is 5.82 Å². The Morgan fingerprint density at radius 1 is 1.07 bits per heavy atom. The number of hydrogen-bond acceptors (Lipinski definition) is 4. The molecule has 144 valence electrons.